The second-order valence-electron chi connectivity index (χ2n) is 8.19. The zero-order valence-electron chi connectivity index (χ0n) is 18.2. The summed E-state index contributed by atoms with van der Waals surface area (Å²) >= 11 is 1.47. The normalized spacial score (nSPS) is 19.3. The predicted octanol–water partition coefficient (Wildman–Crippen LogP) is 3.79. The molecular weight excluding hydrogens is 448 g/mol. The van der Waals surface area contributed by atoms with E-state index in [0.717, 1.165) is 22.3 Å². The zero-order valence-corrected chi connectivity index (χ0v) is 19.0. The van der Waals surface area contributed by atoms with Gasteiger partial charge in [0.25, 0.3) is 5.91 Å². The molecule has 2 aliphatic heterocycles. The summed E-state index contributed by atoms with van der Waals surface area (Å²) in [7, 11) is 0. The number of rotatable bonds is 6. The van der Waals surface area contributed by atoms with Gasteiger partial charge in [0.15, 0.2) is 0 Å². The first-order valence-corrected chi connectivity index (χ1v) is 12.0. The number of carbonyl (C=O) groups excluding carboxylic acids is 2. The Bertz CT molecular complexity index is 1270. The van der Waals surface area contributed by atoms with Gasteiger partial charge < -0.3 is 10.4 Å². The highest BCUT2D eigenvalue weighted by atomic mass is 32.2. The Balaban J connectivity index is 1.35. The lowest BCUT2D eigenvalue weighted by molar-refractivity contribution is -0.150. The predicted molar refractivity (Wildman–Crippen MR) is 132 cm³/mol. The SMILES string of the molecule is O=C(Cc1ccccc1)N[C@@H]1C(=O)N2C(C(=O)O)=C(c3ccc(-c4ccccc4)cc3)CS[C@H]12. The van der Waals surface area contributed by atoms with Crippen LogP contribution >= 0.6 is 11.8 Å². The lowest BCUT2D eigenvalue weighted by Gasteiger charge is -2.49. The fourth-order valence-electron chi connectivity index (χ4n) is 4.34. The van der Waals surface area contributed by atoms with Gasteiger partial charge in [-0.25, -0.2) is 4.79 Å². The molecule has 1 fully saturated rings. The molecule has 6 nitrogen and oxygen atoms in total. The van der Waals surface area contributed by atoms with Crippen molar-refractivity contribution in [2.45, 2.75) is 17.8 Å². The first kappa shape index (κ1) is 22.0. The number of carboxylic acid groups (broad SMARTS) is 1. The maximum absolute atomic E-state index is 12.9. The number of aliphatic carboxylic acids is 1. The highest BCUT2D eigenvalue weighted by Gasteiger charge is 2.54. The molecule has 0 bridgehead atoms. The molecule has 0 aliphatic carbocycles. The van der Waals surface area contributed by atoms with Crippen molar-refractivity contribution in [2.75, 3.05) is 5.75 Å². The van der Waals surface area contributed by atoms with Crippen molar-refractivity contribution < 1.29 is 19.5 Å². The van der Waals surface area contributed by atoms with Crippen LogP contribution in [0, 0.1) is 0 Å². The van der Waals surface area contributed by atoms with Crippen LogP contribution in [0.1, 0.15) is 11.1 Å². The quantitative estimate of drug-likeness (QED) is 0.536. The van der Waals surface area contributed by atoms with Crippen molar-refractivity contribution in [2.24, 2.45) is 0 Å². The van der Waals surface area contributed by atoms with Gasteiger partial charge in [-0.1, -0.05) is 84.9 Å². The molecule has 2 heterocycles. The molecule has 5 rings (SSSR count). The van der Waals surface area contributed by atoms with Gasteiger partial charge in [-0.05, 0) is 22.3 Å². The summed E-state index contributed by atoms with van der Waals surface area (Å²) in [6.07, 6.45) is 0.169. The molecule has 2 atom stereocenters. The molecule has 2 aliphatic rings. The number of amides is 2. The molecule has 2 amide bonds. The topological polar surface area (TPSA) is 86.7 Å². The number of thioether (sulfide) groups is 1. The maximum atomic E-state index is 12.9. The third-order valence-corrected chi connectivity index (χ3v) is 7.32. The minimum Gasteiger partial charge on any atom is -0.477 e. The standard InChI is InChI=1S/C27H22N2O4S/c30-22(15-17-7-3-1-4-8-17)28-23-25(31)29-24(27(32)33)21(16-34-26(23)29)20-13-11-19(12-14-20)18-9-5-2-6-10-18/h1-14,23,26H,15-16H2,(H,28,30)(H,32,33)/t23-,26-/m1/s1. The van der Waals surface area contributed by atoms with E-state index in [2.05, 4.69) is 5.32 Å². The van der Waals surface area contributed by atoms with Crippen LogP contribution in [-0.4, -0.2) is 45.0 Å². The van der Waals surface area contributed by atoms with Crippen molar-refractivity contribution >= 4 is 35.1 Å². The fraction of sp³-hybridized carbons (Fsp3) is 0.148. The van der Waals surface area contributed by atoms with Crippen LogP contribution in [0.15, 0.2) is 90.6 Å². The highest BCUT2D eigenvalue weighted by Crippen LogP contribution is 2.43. The van der Waals surface area contributed by atoms with Crippen molar-refractivity contribution in [3.63, 3.8) is 0 Å². The van der Waals surface area contributed by atoms with Crippen LogP contribution in [0.3, 0.4) is 0 Å². The Morgan fingerprint density at radius 2 is 1.47 bits per heavy atom. The molecule has 3 aromatic carbocycles. The number of fused-ring (bicyclic) bond motifs is 1. The fourth-order valence-corrected chi connectivity index (χ4v) is 5.72. The van der Waals surface area contributed by atoms with Crippen molar-refractivity contribution in [3.8, 4) is 11.1 Å². The largest absolute Gasteiger partial charge is 0.477 e. The molecule has 170 valence electrons. The Hall–Kier alpha value is -3.84. The minimum atomic E-state index is -1.14. The van der Waals surface area contributed by atoms with Gasteiger partial charge in [0, 0.05) is 11.3 Å². The minimum absolute atomic E-state index is 0.00484. The third kappa shape index (κ3) is 4.10. The van der Waals surface area contributed by atoms with E-state index in [-0.39, 0.29) is 18.0 Å². The average molecular weight is 471 g/mol. The molecule has 2 N–H and O–H groups in total. The highest BCUT2D eigenvalue weighted by molar-refractivity contribution is 8.00. The molecule has 0 spiro atoms. The second-order valence-corrected chi connectivity index (χ2v) is 9.30. The van der Waals surface area contributed by atoms with Crippen LogP contribution in [0.4, 0.5) is 0 Å². The average Bonchev–Trinajstić information content (AvgIpc) is 2.87. The number of hydrogen-bond donors (Lipinski definition) is 2. The van der Waals surface area contributed by atoms with Gasteiger partial charge in [-0.2, -0.15) is 0 Å². The van der Waals surface area contributed by atoms with Crippen LogP contribution in [0.5, 0.6) is 0 Å². The third-order valence-electron chi connectivity index (χ3n) is 6.04. The molecule has 0 saturated carbocycles. The Morgan fingerprint density at radius 1 is 0.882 bits per heavy atom. The molecule has 0 aromatic heterocycles. The van der Waals surface area contributed by atoms with E-state index in [9.17, 15) is 19.5 Å². The van der Waals surface area contributed by atoms with E-state index in [4.69, 9.17) is 0 Å². The Labute approximate surface area is 201 Å². The van der Waals surface area contributed by atoms with Gasteiger partial charge in [-0.15, -0.1) is 11.8 Å². The molecule has 0 unspecified atom stereocenters. The Kier molecular flexibility index (Phi) is 5.94. The van der Waals surface area contributed by atoms with E-state index in [0.29, 0.717) is 11.3 Å². The number of β-lactam (4-membered cyclic amide) rings is 1. The first-order chi connectivity index (χ1) is 16.5. The smallest absolute Gasteiger partial charge is 0.352 e. The zero-order chi connectivity index (χ0) is 23.7. The number of nitrogens with one attached hydrogen (secondary N) is 1. The second kappa shape index (κ2) is 9.19. The summed E-state index contributed by atoms with van der Waals surface area (Å²) in [6.45, 7) is 0. The molecule has 0 radical (unpaired) electrons. The number of carbonyl (C=O) groups is 3. The number of benzene rings is 3. The molecule has 3 aromatic rings. The number of nitrogens with zero attached hydrogens (tertiary/aromatic N) is 1. The van der Waals surface area contributed by atoms with Gasteiger partial charge in [0.1, 0.15) is 17.1 Å². The molecule has 7 heteroatoms. The maximum Gasteiger partial charge on any atom is 0.352 e. The molecule has 34 heavy (non-hydrogen) atoms. The van der Waals surface area contributed by atoms with Crippen molar-refractivity contribution in [1.29, 1.82) is 0 Å². The molecular formula is C27H22N2O4S. The summed E-state index contributed by atoms with van der Waals surface area (Å²) < 4.78 is 0. The first-order valence-electron chi connectivity index (χ1n) is 10.9. The lowest BCUT2D eigenvalue weighted by Crippen LogP contribution is -2.70. The summed E-state index contributed by atoms with van der Waals surface area (Å²) in [4.78, 5) is 38.9. The van der Waals surface area contributed by atoms with Crippen LogP contribution in [0.25, 0.3) is 16.7 Å². The van der Waals surface area contributed by atoms with Crippen LogP contribution in [-0.2, 0) is 20.8 Å². The van der Waals surface area contributed by atoms with E-state index in [1.165, 1.54) is 16.7 Å². The van der Waals surface area contributed by atoms with Gasteiger partial charge in [0.05, 0.1) is 6.42 Å². The number of carboxylic acids is 1. The van der Waals surface area contributed by atoms with E-state index < -0.39 is 23.3 Å². The van der Waals surface area contributed by atoms with Gasteiger partial charge >= 0.3 is 5.97 Å². The van der Waals surface area contributed by atoms with Gasteiger partial charge in [0.2, 0.25) is 5.91 Å². The summed E-state index contributed by atoms with van der Waals surface area (Å²) in [6, 6.07) is 26.2. The monoisotopic (exact) mass is 470 g/mol. The lowest BCUT2D eigenvalue weighted by atomic mass is 9.97. The van der Waals surface area contributed by atoms with Crippen molar-refractivity contribution in [3.05, 3.63) is 102 Å². The summed E-state index contributed by atoms with van der Waals surface area (Å²) in [5.41, 5.74) is 4.33. The van der Waals surface area contributed by atoms with Crippen LogP contribution in [0.2, 0.25) is 0 Å². The van der Waals surface area contributed by atoms with Crippen molar-refractivity contribution in [1.82, 2.24) is 10.2 Å². The van der Waals surface area contributed by atoms with E-state index >= 15 is 0 Å². The summed E-state index contributed by atoms with van der Waals surface area (Å²) in [5.74, 6) is -1.36. The van der Waals surface area contributed by atoms with E-state index in [1.807, 2.05) is 84.9 Å². The van der Waals surface area contributed by atoms with E-state index in [1.54, 1.807) is 0 Å². The molecule has 1 saturated heterocycles. The van der Waals surface area contributed by atoms with Crippen LogP contribution < -0.4 is 5.32 Å². The number of hydrogen-bond acceptors (Lipinski definition) is 4. The van der Waals surface area contributed by atoms with Gasteiger partial charge in [-0.3, -0.25) is 14.5 Å². The summed E-state index contributed by atoms with van der Waals surface area (Å²) in [5, 5.41) is 12.3. The Morgan fingerprint density at radius 3 is 2.12 bits per heavy atom.